The van der Waals surface area contributed by atoms with Gasteiger partial charge in [-0.1, -0.05) is 0 Å². The summed E-state index contributed by atoms with van der Waals surface area (Å²) in [7, 11) is 0. The van der Waals surface area contributed by atoms with Crippen LogP contribution in [-0.2, 0) is 6.54 Å². The van der Waals surface area contributed by atoms with Crippen molar-refractivity contribution in [2.24, 2.45) is 0 Å². The monoisotopic (exact) mass is 276 g/mol. The third-order valence-electron chi connectivity index (χ3n) is 3.20. The molecule has 0 unspecified atom stereocenters. The van der Waals surface area contributed by atoms with Crippen molar-refractivity contribution < 1.29 is 0 Å². The van der Waals surface area contributed by atoms with E-state index in [2.05, 4.69) is 24.8 Å². The molecule has 0 bridgehead atoms. The average molecular weight is 276 g/mol. The summed E-state index contributed by atoms with van der Waals surface area (Å²) in [6.07, 6.45) is 7.13. The summed E-state index contributed by atoms with van der Waals surface area (Å²) in [5.74, 6) is 0.962. The van der Waals surface area contributed by atoms with Crippen LogP contribution in [0, 0.1) is 0 Å². The Balaban J connectivity index is 1.55. The number of nitrogens with zero attached hydrogens (tertiary/aromatic N) is 5. The molecule has 100 valence electrons. The molecule has 1 saturated heterocycles. The van der Waals surface area contributed by atoms with Gasteiger partial charge in [0.2, 0.25) is 0 Å². The lowest BCUT2D eigenvalue weighted by Gasteiger charge is -2.34. The first-order valence-corrected chi connectivity index (χ1v) is 7.06. The van der Waals surface area contributed by atoms with E-state index in [1.807, 2.05) is 12.4 Å². The van der Waals surface area contributed by atoms with Crippen LogP contribution in [0.3, 0.4) is 0 Å². The van der Waals surface area contributed by atoms with Gasteiger partial charge in [-0.2, -0.15) is 0 Å². The SMILES string of the molecule is Nc1ncc(CN2CCN(c3cnccn3)CC2)s1. The second-order valence-electron chi connectivity index (χ2n) is 4.49. The molecule has 19 heavy (non-hydrogen) atoms. The molecule has 1 aliphatic rings. The maximum atomic E-state index is 5.65. The molecule has 0 spiro atoms. The number of hydrogen-bond donors (Lipinski definition) is 1. The van der Waals surface area contributed by atoms with Crippen molar-refractivity contribution in [2.45, 2.75) is 6.54 Å². The molecule has 2 aromatic rings. The highest BCUT2D eigenvalue weighted by atomic mass is 32.1. The minimum absolute atomic E-state index is 0.646. The van der Waals surface area contributed by atoms with E-state index in [0.29, 0.717) is 5.13 Å². The van der Waals surface area contributed by atoms with Gasteiger partial charge in [0.25, 0.3) is 0 Å². The molecule has 2 N–H and O–H groups in total. The average Bonchev–Trinajstić information content (AvgIpc) is 2.86. The predicted molar refractivity (Wildman–Crippen MR) is 76.0 cm³/mol. The Hall–Kier alpha value is -1.73. The van der Waals surface area contributed by atoms with Crippen molar-refractivity contribution in [3.8, 4) is 0 Å². The predicted octanol–water partition coefficient (Wildman–Crippen LogP) is 0.837. The molecule has 7 heteroatoms. The largest absolute Gasteiger partial charge is 0.375 e. The zero-order valence-electron chi connectivity index (χ0n) is 10.6. The molecule has 0 amide bonds. The number of hydrogen-bond acceptors (Lipinski definition) is 7. The molecule has 0 aromatic carbocycles. The van der Waals surface area contributed by atoms with Gasteiger partial charge < -0.3 is 10.6 Å². The Morgan fingerprint density at radius 3 is 2.58 bits per heavy atom. The highest BCUT2D eigenvalue weighted by Crippen LogP contribution is 2.18. The molecule has 0 radical (unpaired) electrons. The lowest BCUT2D eigenvalue weighted by Crippen LogP contribution is -2.46. The van der Waals surface area contributed by atoms with Crippen molar-refractivity contribution in [3.63, 3.8) is 0 Å². The second kappa shape index (κ2) is 5.50. The lowest BCUT2D eigenvalue weighted by atomic mass is 10.3. The van der Waals surface area contributed by atoms with Crippen molar-refractivity contribution in [1.29, 1.82) is 0 Å². The topological polar surface area (TPSA) is 71.2 Å². The van der Waals surface area contributed by atoms with Gasteiger partial charge in [0.15, 0.2) is 5.13 Å². The number of nitrogen functional groups attached to an aromatic ring is 1. The van der Waals surface area contributed by atoms with Crippen LogP contribution in [-0.4, -0.2) is 46.0 Å². The van der Waals surface area contributed by atoms with Crippen LogP contribution in [0.1, 0.15) is 4.88 Å². The zero-order chi connectivity index (χ0) is 13.1. The molecule has 0 atom stereocenters. The Morgan fingerprint density at radius 2 is 1.95 bits per heavy atom. The highest BCUT2D eigenvalue weighted by Gasteiger charge is 2.18. The van der Waals surface area contributed by atoms with Gasteiger partial charge >= 0.3 is 0 Å². The van der Waals surface area contributed by atoms with E-state index in [-0.39, 0.29) is 0 Å². The van der Waals surface area contributed by atoms with Gasteiger partial charge in [0.1, 0.15) is 5.82 Å². The molecule has 3 rings (SSSR count). The lowest BCUT2D eigenvalue weighted by molar-refractivity contribution is 0.251. The number of aromatic nitrogens is 3. The Bertz CT molecular complexity index is 520. The molecule has 0 saturated carbocycles. The number of rotatable bonds is 3. The van der Waals surface area contributed by atoms with Gasteiger partial charge in [-0.25, -0.2) is 9.97 Å². The molecular weight excluding hydrogens is 260 g/mol. The number of anilines is 2. The van der Waals surface area contributed by atoms with Gasteiger partial charge in [-0.3, -0.25) is 9.88 Å². The normalized spacial score (nSPS) is 16.7. The number of nitrogens with two attached hydrogens (primary N) is 1. The summed E-state index contributed by atoms with van der Waals surface area (Å²) in [4.78, 5) is 18.4. The molecule has 0 aliphatic carbocycles. The van der Waals surface area contributed by atoms with E-state index in [1.54, 1.807) is 23.7 Å². The van der Waals surface area contributed by atoms with E-state index in [0.717, 1.165) is 38.5 Å². The van der Waals surface area contributed by atoms with Crippen molar-refractivity contribution >= 4 is 22.3 Å². The van der Waals surface area contributed by atoms with E-state index in [4.69, 9.17) is 5.73 Å². The van der Waals surface area contributed by atoms with Crippen LogP contribution in [0.15, 0.2) is 24.8 Å². The van der Waals surface area contributed by atoms with Crippen molar-refractivity contribution in [3.05, 3.63) is 29.7 Å². The van der Waals surface area contributed by atoms with Crippen LogP contribution < -0.4 is 10.6 Å². The van der Waals surface area contributed by atoms with E-state index < -0.39 is 0 Å². The van der Waals surface area contributed by atoms with E-state index in [9.17, 15) is 0 Å². The molecule has 1 aliphatic heterocycles. The standard InChI is InChI=1S/C12H16N6S/c13-12-16-7-10(19-12)9-17-3-5-18(6-4-17)11-8-14-1-2-15-11/h1-2,7-8H,3-6,9H2,(H2,13,16). The Morgan fingerprint density at radius 1 is 1.11 bits per heavy atom. The molecule has 1 fully saturated rings. The van der Waals surface area contributed by atoms with Crippen LogP contribution in [0.25, 0.3) is 0 Å². The smallest absolute Gasteiger partial charge is 0.180 e. The zero-order valence-corrected chi connectivity index (χ0v) is 11.4. The maximum absolute atomic E-state index is 5.65. The van der Waals surface area contributed by atoms with Crippen molar-refractivity contribution in [2.75, 3.05) is 36.8 Å². The fourth-order valence-corrected chi connectivity index (χ4v) is 2.93. The first kappa shape index (κ1) is 12.3. The molecule has 6 nitrogen and oxygen atoms in total. The molecule has 3 heterocycles. The quantitative estimate of drug-likeness (QED) is 0.895. The molecule has 2 aromatic heterocycles. The fraction of sp³-hybridized carbons (Fsp3) is 0.417. The van der Waals surface area contributed by atoms with Gasteiger partial charge in [0.05, 0.1) is 6.20 Å². The first-order chi connectivity index (χ1) is 9.31. The Labute approximate surface area is 115 Å². The highest BCUT2D eigenvalue weighted by molar-refractivity contribution is 7.15. The van der Waals surface area contributed by atoms with Crippen LogP contribution in [0.2, 0.25) is 0 Å². The van der Waals surface area contributed by atoms with Crippen LogP contribution in [0.4, 0.5) is 10.9 Å². The fourth-order valence-electron chi connectivity index (χ4n) is 2.21. The van der Waals surface area contributed by atoms with E-state index in [1.165, 1.54) is 4.88 Å². The second-order valence-corrected chi connectivity index (χ2v) is 5.64. The molecular formula is C12H16N6S. The summed E-state index contributed by atoms with van der Waals surface area (Å²) in [5, 5.41) is 0.646. The Kier molecular flexibility index (Phi) is 3.56. The minimum atomic E-state index is 0.646. The number of thiazole rings is 1. The van der Waals surface area contributed by atoms with Gasteiger partial charge in [-0.15, -0.1) is 11.3 Å². The maximum Gasteiger partial charge on any atom is 0.180 e. The summed E-state index contributed by atoms with van der Waals surface area (Å²) < 4.78 is 0. The van der Waals surface area contributed by atoms with Crippen molar-refractivity contribution in [1.82, 2.24) is 19.9 Å². The van der Waals surface area contributed by atoms with Crippen LogP contribution >= 0.6 is 11.3 Å². The number of piperazine rings is 1. The minimum Gasteiger partial charge on any atom is -0.375 e. The first-order valence-electron chi connectivity index (χ1n) is 6.25. The summed E-state index contributed by atoms with van der Waals surface area (Å²) >= 11 is 1.57. The summed E-state index contributed by atoms with van der Waals surface area (Å²) in [6.45, 7) is 4.94. The van der Waals surface area contributed by atoms with Gasteiger partial charge in [0, 0.05) is 56.2 Å². The van der Waals surface area contributed by atoms with Crippen LogP contribution in [0.5, 0.6) is 0 Å². The summed E-state index contributed by atoms with van der Waals surface area (Å²) in [6, 6.07) is 0. The third kappa shape index (κ3) is 2.99. The summed E-state index contributed by atoms with van der Waals surface area (Å²) in [5.41, 5.74) is 5.65. The van der Waals surface area contributed by atoms with Gasteiger partial charge in [-0.05, 0) is 0 Å². The third-order valence-corrected chi connectivity index (χ3v) is 4.01. The van der Waals surface area contributed by atoms with E-state index >= 15 is 0 Å².